The van der Waals surface area contributed by atoms with E-state index in [2.05, 4.69) is 10.3 Å². The molecule has 0 aromatic carbocycles. The number of nitrogens with two attached hydrogens (primary N) is 1. The van der Waals surface area contributed by atoms with E-state index < -0.39 is 16.4 Å². The highest BCUT2D eigenvalue weighted by molar-refractivity contribution is 5.98. The van der Waals surface area contributed by atoms with Gasteiger partial charge in [0, 0.05) is 19.2 Å². The van der Waals surface area contributed by atoms with Crippen LogP contribution in [0.2, 0.25) is 0 Å². The average molecular weight is 282 g/mol. The molecule has 0 saturated carbocycles. The number of carbonyl (C=O) groups excluding carboxylic acids is 1. The molecule has 0 saturated heterocycles. The summed E-state index contributed by atoms with van der Waals surface area (Å²) in [4.78, 5) is 25.7. The van der Waals surface area contributed by atoms with Crippen LogP contribution < -0.4 is 11.1 Å². The summed E-state index contributed by atoms with van der Waals surface area (Å²) in [5, 5.41) is 13.3. The van der Waals surface area contributed by atoms with Crippen molar-refractivity contribution in [1.29, 1.82) is 0 Å². The minimum atomic E-state index is -0.632. The van der Waals surface area contributed by atoms with Crippen molar-refractivity contribution < 1.29 is 14.5 Å². The molecule has 8 nitrogen and oxygen atoms in total. The Labute approximate surface area is 116 Å². The molecule has 0 bridgehead atoms. The molecule has 0 atom stereocenters. The van der Waals surface area contributed by atoms with Crippen molar-refractivity contribution in [3.63, 3.8) is 0 Å². The lowest BCUT2D eigenvalue weighted by Crippen LogP contribution is -2.40. The highest BCUT2D eigenvalue weighted by atomic mass is 16.6. The monoisotopic (exact) mass is 282 g/mol. The van der Waals surface area contributed by atoms with Gasteiger partial charge in [0.05, 0.1) is 16.1 Å². The number of hydrogen-bond donors (Lipinski definition) is 2. The van der Waals surface area contributed by atoms with Gasteiger partial charge in [0.25, 0.3) is 11.6 Å². The van der Waals surface area contributed by atoms with Gasteiger partial charge in [-0.05, 0) is 20.8 Å². The van der Waals surface area contributed by atoms with Crippen molar-refractivity contribution >= 4 is 17.4 Å². The van der Waals surface area contributed by atoms with E-state index in [0.29, 0.717) is 6.61 Å². The molecule has 3 N–H and O–H groups in total. The summed E-state index contributed by atoms with van der Waals surface area (Å²) >= 11 is 0. The molecule has 0 fully saturated rings. The van der Waals surface area contributed by atoms with Crippen molar-refractivity contribution in [3.8, 4) is 0 Å². The van der Waals surface area contributed by atoms with Crippen LogP contribution in [0.25, 0.3) is 0 Å². The smallest absolute Gasteiger partial charge is 0.288 e. The summed E-state index contributed by atoms with van der Waals surface area (Å²) in [6.45, 7) is 6.27. The van der Waals surface area contributed by atoms with Gasteiger partial charge in [-0.1, -0.05) is 0 Å². The van der Waals surface area contributed by atoms with Crippen LogP contribution in [-0.4, -0.2) is 34.6 Å². The van der Waals surface area contributed by atoms with E-state index in [1.165, 1.54) is 0 Å². The topological polar surface area (TPSA) is 120 Å². The number of carbonyl (C=O) groups is 1. The SMILES string of the molecule is CCOC(C)(C)CNC(=O)c1cc([N+](=O)[O-])cnc1N. The third-order valence-electron chi connectivity index (χ3n) is 2.57. The van der Waals surface area contributed by atoms with Crippen molar-refractivity contribution in [2.75, 3.05) is 18.9 Å². The van der Waals surface area contributed by atoms with E-state index in [1.54, 1.807) is 0 Å². The first kappa shape index (κ1) is 15.8. The molecular formula is C12H18N4O4. The summed E-state index contributed by atoms with van der Waals surface area (Å²) in [6.07, 6.45) is 1.01. The summed E-state index contributed by atoms with van der Waals surface area (Å²) in [6, 6.07) is 1.10. The molecule has 0 aliphatic heterocycles. The fraction of sp³-hybridized carbons (Fsp3) is 0.500. The highest BCUT2D eigenvalue weighted by Crippen LogP contribution is 2.17. The molecule has 1 heterocycles. The maximum Gasteiger partial charge on any atom is 0.288 e. The molecule has 20 heavy (non-hydrogen) atoms. The van der Waals surface area contributed by atoms with Crippen molar-refractivity contribution in [1.82, 2.24) is 10.3 Å². The number of aromatic nitrogens is 1. The minimum Gasteiger partial charge on any atom is -0.383 e. The van der Waals surface area contributed by atoms with Crippen molar-refractivity contribution in [3.05, 3.63) is 27.9 Å². The molecule has 0 aliphatic rings. The van der Waals surface area contributed by atoms with Gasteiger partial charge in [-0.15, -0.1) is 0 Å². The first-order valence-electron chi connectivity index (χ1n) is 6.09. The lowest BCUT2D eigenvalue weighted by Gasteiger charge is -2.24. The number of anilines is 1. The summed E-state index contributed by atoms with van der Waals surface area (Å²) in [7, 11) is 0. The van der Waals surface area contributed by atoms with Gasteiger partial charge in [-0.3, -0.25) is 14.9 Å². The predicted octanol–water partition coefficient (Wildman–Crippen LogP) is 1.12. The minimum absolute atomic E-state index is 0.0218. The highest BCUT2D eigenvalue weighted by Gasteiger charge is 2.21. The van der Waals surface area contributed by atoms with Crippen LogP contribution in [-0.2, 0) is 4.74 Å². The second-order valence-electron chi connectivity index (χ2n) is 4.76. The molecule has 0 radical (unpaired) electrons. The largest absolute Gasteiger partial charge is 0.383 e. The third-order valence-corrected chi connectivity index (χ3v) is 2.57. The lowest BCUT2D eigenvalue weighted by atomic mass is 10.1. The zero-order valence-corrected chi connectivity index (χ0v) is 11.7. The van der Waals surface area contributed by atoms with E-state index in [-0.39, 0.29) is 23.6 Å². The Kier molecular flexibility index (Phi) is 4.98. The number of ether oxygens (including phenoxy) is 1. The van der Waals surface area contributed by atoms with Gasteiger partial charge >= 0.3 is 0 Å². The van der Waals surface area contributed by atoms with E-state index in [9.17, 15) is 14.9 Å². The normalized spacial score (nSPS) is 11.2. The zero-order valence-electron chi connectivity index (χ0n) is 11.7. The zero-order chi connectivity index (χ0) is 15.3. The molecule has 1 aromatic rings. The molecule has 110 valence electrons. The molecule has 0 spiro atoms. The van der Waals surface area contributed by atoms with Gasteiger partial charge < -0.3 is 15.8 Å². The third kappa shape index (κ3) is 4.16. The van der Waals surface area contributed by atoms with Crippen LogP contribution in [0.5, 0.6) is 0 Å². The Bertz CT molecular complexity index is 516. The van der Waals surface area contributed by atoms with Crippen LogP contribution in [0.15, 0.2) is 12.3 Å². The Morgan fingerprint density at radius 3 is 2.80 bits per heavy atom. The predicted molar refractivity (Wildman–Crippen MR) is 73.3 cm³/mol. The fourth-order valence-corrected chi connectivity index (χ4v) is 1.58. The molecular weight excluding hydrogens is 264 g/mol. The number of nitrogen functional groups attached to an aromatic ring is 1. The fourth-order valence-electron chi connectivity index (χ4n) is 1.58. The second kappa shape index (κ2) is 6.29. The standard InChI is InChI=1S/C12H18N4O4/c1-4-20-12(2,3)7-15-11(17)9-5-8(16(18)19)6-14-10(9)13/h5-6H,4,7H2,1-3H3,(H2,13,14)(H,15,17). The summed E-state index contributed by atoms with van der Waals surface area (Å²) in [5.74, 6) is -0.575. The number of nitro groups is 1. The quantitative estimate of drug-likeness (QED) is 0.595. The van der Waals surface area contributed by atoms with Gasteiger partial charge in [0.2, 0.25) is 0 Å². The van der Waals surface area contributed by atoms with Gasteiger partial charge in [-0.2, -0.15) is 0 Å². The van der Waals surface area contributed by atoms with Gasteiger partial charge in [0.15, 0.2) is 0 Å². The maximum atomic E-state index is 12.0. The first-order valence-corrected chi connectivity index (χ1v) is 6.09. The Morgan fingerprint density at radius 1 is 1.60 bits per heavy atom. The van der Waals surface area contributed by atoms with E-state index >= 15 is 0 Å². The van der Waals surface area contributed by atoms with Crippen LogP contribution in [0.4, 0.5) is 11.5 Å². The number of amides is 1. The second-order valence-corrected chi connectivity index (χ2v) is 4.76. The number of hydrogen-bond acceptors (Lipinski definition) is 6. The van der Waals surface area contributed by atoms with Crippen LogP contribution in [0.3, 0.4) is 0 Å². The van der Waals surface area contributed by atoms with Crippen LogP contribution >= 0.6 is 0 Å². The molecule has 1 amide bonds. The number of pyridine rings is 1. The molecule has 1 aromatic heterocycles. The molecule has 0 unspecified atom stereocenters. The number of nitrogens with one attached hydrogen (secondary N) is 1. The Balaban J connectivity index is 2.82. The number of nitrogens with zero attached hydrogens (tertiary/aromatic N) is 2. The van der Waals surface area contributed by atoms with E-state index in [1.807, 2.05) is 20.8 Å². The molecule has 1 rings (SSSR count). The van der Waals surface area contributed by atoms with Crippen LogP contribution in [0.1, 0.15) is 31.1 Å². The van der Waals surface area contributed by atoms with E-state index in [4.69, 9.17) is 10.5 Å². The van der Waals surface area contributed by atoms with Crippen molar-refractivity contribution in [2.45, 2.75) is 26.4 Å². The Morgan fingerprint density at radius 2 is 2.25 bits per heavy atom. The molecule has 0 aliphatic carbocycles. The average Bonchev–Trinajstić information content (AvgIpc) is 2.36. The Hall–Kier alpha value is -2.22. The van der Waals surface area contributed by atoms with Crippen molar-refractivity contribution in [2.24, 2.45) is 0 Å². The summed E-state index contributed by atoms with van der Waals surface area (Å²) < 4.78 is 5.44. The van der Waals surface area contributed by atoms with E-state index in [0.717, 1.165) is 12.3 Å². The van der Waals surface area contributed by atoms with Crippen LogP contribution in [0, 0.1) is 10.1 Å². The summed E-state index contributed by atoms with van der Waals surface area (Å²) in [5.41, 5.74) is 4.72. The lowest BCUT2D eigenvalue weighted by molar-refractivity contribution is -0.385. The maximum absolute atomic E-state index is 12.0. The first-order chi connectivity index (χ1) is 9.26. The molecule has 8 heteroatoms. The van der Waals surface area contributed by atoms with Gasteiger partial charge in [-0.25, -0.2) is 4.98 Å². The van der Waals surface area contributed by atoms with Gasteiger partial charge in [0.1, 0.15) is 12.0 Å². The number of rotatable bonds is 6.